The first kappa shape index (κ1) is 14.5. The Balaban J connectivity index is 1.92. The fourth-order valence-corrected chi connectivity index (χ4v) is 2.11. The van der Waals surface area contributed by atoms with Crippen molar-refractivity contribution in [2.75, 3.05) is 6.61 Å². The number of hydrogen-bond acceptors (Lipinski definition) is 3. The van der Waals surface area contributed by atoms with Gasteiger partial charge in [-0.25, -0.2) is 0 Å². The van der Waals surface area contributed by atoms with E-state index in [1.165, 1.54) is 11.3 Å². The largest absolute Gasteiger partial charge is 0.492 e. The molecule has 0 radical (unpaired) electrons. The number of nitrogens with zero attached hydrogens (tertiary/aromatic N) is 2. The summed E-state index contributed by atoms with van der Waals surface area (Å²) in [4.78, 5) is 0.398. The van der Waals surface area contributed by atoms with Crippen LogP contribution in [0.3, 0.4) is 0 Å². The quantitative estimate of drug-likeness (QED) is 0.859. The van der Waals surface area contributed by atoms with E-state index in [0.29, 0.717) is 11.6 Å². The summed E-state index contributed by atoms with van der Waals surface area (Å²) in [6.45, 7) is 7.50. The highest BCUT2D eigenvalue weighted by atomic mass is 32.1. The van der Waals surface area contributed by atoms with Gasteiger partial charge in [-0.15, -0.1) is 0 Å². The maximum absolute atomic E-state index is 5.70. The zero-order chi connectivity index (χ0) is 14.7. The molecule has 1 aromatic heterocycles. The summed E-state index contributed by atoms with van der Waals surface area (Å²) in [5, 5.41) is 4.48. The number of benzene rings is 1. The first-order chi connectivity index (χ1) is 9.49. The highest BCUT2D eigenvalue weighted by Gasteiger charge is 2.06. The third kappa shape index (κ3) is 3.17. The number of ether oxygens (including phenoxy) is 1. The van der Waals surface area contributed by atoms with Crippen LogP contribution in [0.2, 0.25) is 0 Å². The van der Waals surface area contributed by atoms with E-state index in [1.54, 1.807) is 0 Å². The van der Waals surface area contributed by atoms with Crippen molar-refractivity contribution < 1.29 is 4.74 Å². The Morgan fingerprint density at radius 1 is 1.25 bits per heavy atom. The monoisotopic (exact) mass is 289 g/mol. The molecule has 0 aliphatic heterocycles. The molecule has 0 fully saturated rings. The highest BCUT2D eigenvalue weighted by molar-refractivity contribution is 7.80. The van der Waals surface area contributed by atoms with Crippen LogP contribution in [0, 0.1) is 20.8 Å². The molecule has 20 heavy (non-hydrogen) atoms. The Morgan fingerprint density at radius 2 is 1.90 bits per heavy atom. The van der Waals surface area contributed by atoms with E-state index in [0.717, 1.165) is 23.6 Å². The first-order valence-corrected chi connectivity index (χ1v) is 6.93. The minimum absolute atomic E-state index is 0.398. The smallest absolute Gasteiger partial charge is 0.119 e. The Kier molecular flexibility index (Phi) is 4.39. The van der Waals surface area contributed by atoms with Crippen LogP contribution in [0.1, 0.15) is 22.5 Å². The van der Waals surface area contributed by atoms with Crippen molar-refractivity contribution in [3.05, 3.63) is 46.8 Å². The topological polar surface area (TPSA) is 53.1 Å². The lowest BCUT2D eigenvalue weighted by atomic mass is 10.2. The van der Waals surface area contributed by atoms with Crippen LogP contribution in [0.5, 0.6) is 5.75 Å². The van der Waals surface area contributed by atoms with Crippen LogP contribution in [0.4, 0.5) is 0 Å². The number of aryl methyl sites for hydroxylation is 1. The Bertz CT molecular complexity index is 617. The van der Waals surface area contributed by atoms with E-state index >= 15 is 0 Å². The number of hydrogen-bond donors (Lipinski definition) is 1. The second-order valence-electron chi connectivity index (χ2n) is 4.76. The fourth-order valence-electron chi connectivity index (χ4n) is 1.97. The molecule has 1 heterocycles. The number of rotatable bonds is 5. The molecular weight excluding hydrogens is 270 g/mol. The summed E-state index contributed by atoms with van der Waals surface area (Å²) >= 11 is 4.91. The minimum Gasteiger partial charge on any atom is -0.492 e. The molecular formula is C15H19N3OS. The molecule has 0 amide bonds. The van der Waals surface area contributed by atoms with E-state index in [4.69, 9.17) is 22.7 Å². The molecule has 0 spiro atoms. The summed E-state index contributed by atoms with van der Waals surface area (Å²) in [5.74, 6) is 0.809. The molecule has 2 aromatic rings. The molecule has 0 aliphatic rings. The molecule has 0 unspecified atom stereocenters. The van der Waals surface area contributed by atoms with Crippen molar-refractivity contribution >= 4 is 17.2 Å². The predicted octanol–water partition coefficient (Wildman–Crippen LogP) is 2.52. The second-order valence-corrected chi connectivity index (χ2v) is 5.20. The van der Waals surface area contributed by atoms with Crippen molar-refractivity contribution in [3.8, 4) is 5.75 Å². The average Bonchev–Trinajstić information content (AvgIpc) is 2.67. The van der Waals surface area contributed by atoms with Crippen molar-refractivity contribution in [1.82, 2.24) is 9.78 Å². The maximum atomic E-state index is 5.70. The van der Waals surface area contributed by atoms with Crippen LogP contribution in [0.25, 0.3) is 0 Å². The van der Waals surface area contributed by atoms with E-state index in [1.807, 2.05) is 35.9 Å². The molecule has 0 atom stereocenters. The highest BCUT2D eigenvalue weighted by Crippen LogP contribution is 2.13. The zero-order valence-electron chi connectivity index (χ0n) is 12.0. The van der Waals surface area contributed by atoms with Crippen LogP contribution >= 0.6 is 12.2 Å². The van der Waals surface area contributed by atoms with E-state index in [2.05, 4.69) is 18.9 Å². The van der Waals surface area contributed by atoms with Gasteiger partial charge in [-0.1, -0.05) is 12.2 Å². The van der Waals surface area contributed by atoms with Gasteiger partial charge in [0, 0.05) is 11.3 Å². The third-order valence-corrected chi connectivity index (χ3v) is 3.69. The number of nitrogens with two attached hydrogens (primary N) is 1. The lowest BCUT2D eigenvalue weighted by Gasteiger charge is -2.08. The summed E-state index contributed by atoms with van der Waals surface area (Å²) < 4.78 is 7.68. The van der Waals surface area contributed by atoms with Gasteiger partial charge in [0.2, 0.25) is 0 Å². The molecule has 5 heteroatoms. The lowest BCUT2D eigenvalue weighted by Crippen LogP contribution is -2.11. The first-order valence-electron chi connectivity index (χ1n) is 6.52. The Hall–Kier alpha value is -1.88. The van der Waals surface area contributed by atoms with Crippen LogP contribution < -0.4 is 10.5 Å². The minimum atomic E-state index is 0.398. The molecule has 1 aromatic carbocycles. The Morgan fingerprint density at radius 3 is 2.40 bits per heavy atom. The normalized spacial score (nSPS) is 10.6. The fraction of sp³-hybridized carbons (Fsp3) is 0.333. The van der Waals surface area contributed by atoms with Crippen molar-refractivity contribution in [3.63, 3.8) is 0 Å². The van der Waals surface area contributed by atoms with Gasteiger partial charge < -0.3 is 10.5 Å². The molecule has 4 nitrogen and oxygen atoms in total. The molecule has 0 bridgehead atoms. The van der Waals surface area contributed by atoms with Crippen molar-refractivity contribution in [2.24, 2.45) is 5.73 Å². The molecule has 0 saturated heterocycles. The molecule has 0 saturated carbocycles. The zero-order valence-corrected chi connectivity index (χ0v) is 12.8. The van der Waals surface area contributed by atoms with Crippen LogP contribution in [-0.2, 0) is 6.54 Å². The van der Waals surface area contributed by atoms with Gasteiger partial charge in [0.15, 0.2) is 0 Å². The predicted molar refractivity (Wildman–Crippen MR) is 84.3 cm³/mol. The molecule has 2 rings (SSSR count). The number of thiocarbonyl (C=S) groups is 1. The molecule has 0 aliphatic carbocycles. The van der Waals surface area contributed by atoms with Crippen LogP contribution in [0.15, 0.2) is 24.3 Å². The van der Waals surface area contributed by atoms with Gasteiger partial charge >= 0.3 is 0 Å². The maximum Gasteiger partial charge on any atom is 0.119 e. The van der Waals surface area contributed by atoms with Gasteiger partial charge in [0.25, 0.3) is 0 Å². The van der Waals surface area contributed by atoms with E-state index in [9.17, 15) is 0 Å². The average molecular weight is 289 g/mol. The summed E-state index contributed by atoms with van der Waals surface area (Å²) in [7, 11) is 0. The van der Waals surface area contributed by atoms with Gasteiger partial charge in [-0.2, -0.15) is 5.10 Å². The molecule has 106 valence electrons. The molecule has 2 N–H and O–H groups in total. The van der Waals surface area contributed by atoms with Gasteiger partial charge in [-0.05, 0) is 50.6 Å². The van der Waals surface area contributed by atoms with E-state index < -0.39 is 0 Å². The van der Waals surface area contributed by atoms with E-state index in [-0.39, 0.29) is 0 Å². The number of aromatic nitrogens is 2. The lowest BCUT2D eigenvalue weighted by molar-refractivity contribution is 0.289. The van der Waals surface area contributed by atoms with Crippen molar-refractivity contribution in [1.29, 1.82) is 0 Å². The van der Waals surface area contributed by atoms with Gasteiger partial charge in [0.05, 0.1) is 12.2 Å². The second kappa shape index (κ2) is 6.05. The summed E-state index contributed by atoms with van der Waals surface area (Å²) in [6, 6.07) is 7.48. The van der Waals surface area contributed by atoms with Gasteiger partial charge in [0.1, 0.15) is 17.3 Å². The van der Waals surface area contributed by atoms with Gasteiger partial charge in [-0.3, -0.25) is 4.68 Å². The SMILES string of the molecule is Cc1nn(CCOc2ccc(C(N)=S)cc2)c(C)c1C. The summed E-state index contributed by atoms with van der Waals surface area (Å²) in [6.07, 6.45) is 0. The summed E-state index contributed by atoms with van der Waals surface area (Å²) in [5.41, 5.74) is 9.90. The third-order valence-electron chi connectivity index (χ3n) is 3.45. The van der Waals surface area contributed by atoms with Crippen molar-refractivity contribution in [2.45, 2.75) is 27.3 Å². The Labute approximate surface area is 124 Å². The standard InChI is InChI=1S/C15H19N3OS/c1-10-11(2)17-18(12(10)3)8-9-19-14-6-4-13(5-7-14)15(16)20/h4-7H,8-9H2,1-3H3,(H2,16,20). The van der Waals surface area contributed by atoms with Crippen LogP contribution in [-0.4, -0.2) is 21.4 Å².